The summed E-state index contributed by atoms with van der Waals surface area (Å²) in [6, 6.07) is 13.6. The number of esters is 1. The summed E-state index contributed by atoms with van der Waals surface area (Å²) in [4.78, 5) is 25.6. The molecule has 188 valence electrons. The summed E-state index contributed by atoms with van der Waals surface area (Å²) >= 11 is 6.00. The second-order valence-corrected chi connectivity index (χ2v) is 8.33. The molecule has 10 heteroatoms. The number of amides is 1. The molecule has 1 aliphatic heterocycles. The van der Waals surface area contributed by atoms with Gasteiger partial charge in [0.1, 0.15) is 11.8 Å². The predicted molar refractivity (Wildman–Crippen MR) is 132 cm³/mol. The molecule has 2 heterocycles. The minimum atomic E-state index is -0.590. The summed E-state index contributed by atoms with van der Waals surface area (Å²) in [7, 11) is 4.47. The fourth-order valence-electron chi connectivity index (χ4n) is 3.92. The van der Waals surface area contributed by atoms with Gasteiger partial charge < -0.3 is 23.4 Å². The minimum absolute atomic E-state index is 0.0924. The molecule has 0 aliphatic carbocycles. The molecule has 0 fully saturated rings. The molecule has 9 nitrogen and oxygen atoms in total. The molecule has 1 aliphatic rings. The number of ether oxygens (including phenoxy) is 4. The van der Waals surface area contributed by atoms with Crippen LogP contribution in [0, 0.1) is 0 Å². The van der Waals surface area contributed by atoms with Gasteiger partial charge >= 0.3 is 5.97 Å². The van der Waals surface area contributed by atoms with Crippen molar-refractivity contribution in [2.24, 2.45) is 5.10 Å². The summed E-state index contributed by atoms with van der Waals surface area (Å²) in [6.07, 6.45) is 1.89. The number of hydrazone groups is 1. The van der Waals surface area contributed by atoms with E-state index in [9.17, 15) is 9.59 Å². The van der Waals surface area contributed by atoms with Crippen molar-refractivity contribution in [3.8, 4) is 17.2 Å². The van der Waals surface area contributed by atoms with Crippen molar-refractivity contribution in [1.82, 2.24) is 5.01 Å². The standard InChI is InChI=1S/C26H25ClN2O7/c1-32-22-11-16(12-23(33-2)26(22)34-3)13-25(31)36-15-24(30)29-20(21-5-4-10-35-21)14-19(28-29)17-6-8-18(27)9-7-17/h4-12,20H,13-15H2,1-3H3/t20-/m1/s1. The molecule has 0 unspecified atom stereocenters. The Morgan fingerprint density at radius 3 is 2.33 bits per heavy atom. The van der Waals surface area contributed by atoms with E-state index >= 15 is 0 Å². The van der Waals surface area contributed by atoms with E-state index in [1.165, 1.54) is 32.6 Å². The molecular formula is C26H25ClN2O7. The lowest BCUT2D eigenvalue weighted by Crippen LogP contribution is -2.31. The van der Waals surface area contributed by atoms with E-state index < -0.39 is 24.5 Å². The summed E-state index contributed by atoms with van der Waals surface area (Å²) < 4.78 is 26.8. The zero-order valence-electron chi connectivity index (χ0n) is 20.0. The van der Waals surface area contributed by atoms with E-state index in [1.807, 2.05) is 12.1 Å². The Morgan fingerprint density at radius 2 is 1.75 bits per heavy atom. The van der Waals surface area contributed by atoms with Crippen LogP contribution in [0.2, 0.25) is 5.02 Å². The van der Waals surface area contributed by atoms with Gasteiger partial charge in [0.05, 0.1) is 39.7 Å². The van der Waals surface area contributed by atoms with Crippen molar-refractivity contribution in [3.63, 3.8) is 0 Å². The number of carbonyl (C=O) groups excluding carboxylic acids is 2. The van der Waals surface area contributed by atoms with Crippen molar-refractivity contribution in [2.75, 3.05) is 27.9 Å². The van der Waals surface area contributed by atoms with Crippen LogP contribution in [0.4, 0.5) is 0 Å². The van der Waals surface area contributed by atoms with E-state index in [1.54, 1.807) is 36.4 Å². The SMILES string of the molecule is COc1cc(CC(=O)OCC(=O)N2N=C(c3ccc(Cl)cc3)C[C@@H]2c2ccco2)cc(OC)c1OC. The van der Waals surface area contributed by atoms with Crippen LogP contribution in [0.3, 0.4) is 0 Å². The third kappa shape index (κ3) is 5.46. The maximum absolute atomic E-state index is 13.0. The molecule has 0 N–H and O–H groups in total. The lowest BCUT2D eigenvalue weighted by atomic mass is 10.0. The number of nitrogens with zero attached hydrogens (tertiary/aromatic N) is 2. The molecule has 0 spiro atoms. The lowest BCUT2D eigenvalue weighted by Gasteiger charge is -2.19. The molecule has 0 saturated heterocycles. The van der Waals surface area contributed by atoms with E-state index in [0.29, 0.717) is 45.7 Å². The summed E-state index contributed by atoms with van der Waals surface area (Å²) in [5.74, 6) is 0.766. The Kier molecular flexibility index (Phi) is 7.80. The first kappa shape index (κ1) is 25.1. The zero-order chi connectivity index (χ0) is 25.7. The second-order valence-electron chi connectivity index (χ2n) is 7.90. The Labute approximate surface area is 213 Å². The van der Waals surface area contributed by atoms with Gasteiger partial charge in [-0.05, 0) is 47.5 Å². The number of rotatable bonds is 9. The molecule has 0 radical (unpaired) electrons. The molecule has 3 aromatic rings. The topological polar surface area (TPSA) is 99.8 Å². The summed E-state index contributed by atoms with van der Waals surface area (Å²) in [5, 5.41) is 6.42. The Bertz CT molecular complexity index is 1230. The van der Waals surface area contributed by atoms with Gasteiger partial charge in [-0.2, -0.15) is 5.10 Å². The fourth-order valence-corrected chi connectivity index (χ4v) is 4.05. The Balaban J connectivity index is 1.45. The van der Waals surface area contributed by atoms with Gasteiger partial charge in [-0.1, -0.05) is 23.7 Å². The highest BCUT2D eigenvalue weighted by atomic mass is 35.5. The third-order valence-electron chi connectivity index (χ3n) is 5.64. The van der Waals surface area contributed by atoms with Gasteiger partial charge in [0.2, 0.25) is 5.75 Å². The minimum Gasteiger partial charge on any atom is -0.493 e. The lowest BCUT2D eigenvalue weighted by molar-refractivity contribution is -0.152. The monoisotopic (exact) mass is 512 g/mol. The number of halogens is 1. The van der Waals surface area contributed by atoms with Crippen LogP contribution in [0.25, 0.3) is 0 Å². The number of methoxy groups -OCH3 is 3. The van der Waals surface area contributed by atoms with Crippen LogP contribution in [0.1, 0.15) is 29.3 Å². The smallest absolute Gasteiger partial charge is 0.310 e. The van der Waals surface area contributed by atoms with Crippen LogP contribution in [-0.4, -0.2) is 50.5 Å². The maximum Gasteiger partial charge on any atom is 0.310 e. The first-order valence-corrected chi connectivity index (χ1v) is 11.4. The summed E-state index contributed by atoms with van der Waals surface area (Å²) in [6.45, 7) is -0.474. The van der Waals surface area contributed by atoms with Gasteiger partial charge in [-0.15, -0.1) is 0 Å². The van der Waals surface area contributed by atoms with E-state index in [4.69, 9.17) is 35.0 Å². The van der Waals surface area contributed by atoms with Gasteiger partial charge in [-0.25, -0.2) is 5.01 Å². The molecule has 36 heavy (non-hydrogen) atoms. The van der Waals surface area contributed by atoms with E-state index in [2.05, 4.69) is 5.10 Å². The highest BCUT2D eigenvalue weighted by Crippen LogP contribution is 2.38. The first-order valence-electron chi connectivity index (χ1n) is 11.1. The predicted octanol–water partition coefficient (Wildman–Crippen LogP) is 4.42. The highest BCUT2D eigenvalue weighted by molar-refractivity contribution is 6.30. The molecule has 0 bridgehead atoms. The second kappa shape index (κ2) is 11.2. The molecular weight excluding hydrogens is 488 g/mol. The van der Waals surface area contributed by atoms with Crippen LogP contribution >= 0.6 is 11.6 Å². The normalized spacial score (nSPS) is 14.8. The average Bonchev–Trinajstić information content (AvgIpc) is 3.57. The Hall–Kier alpha value is -3.98. The maximum atomic E-state index is 13.0. The average molecular weight is 513 g/mol. The van der Waals surface area contributed by atoms with Gasteiger partial charge in [0.15, 0.2) is 18.1 Å². The van der Waals surface area contributed by atoms with Crippen molar-refractivity contribution in [2.45, 2.75) is 18.9 Å². The van der Waals surface area contributed by atoms with Crippen LogP contribution in [0.5, 0.6) is 17.2 Å². The van der Waals surface area contributed by atoms with E-state index in [0.717, 1.165) is 5.56 Å². The molecule has 1 aromatic heterocycles. The summed E-state index contributed by atoms with van der Waals surface area (Å²) in [5.41, 5.74) is 2.12. The van der Waals surface area contributed by atoms with Crippen molar-refractivity contribution in [1.29, 1.82) is 0 Å². The molecule has 1 amide bonds. The number of furan rings is 1. The van der Waals surface area contributed by atoms with Crippen LogP contribution < -0.4 is 14.2 Å². The molecule has 4 rings (SSSR count). The number of hydrogen-bond acceptors (Lipinski definition) is 8. The first-order chi connectivity index (χ1) is 17.4. The largest absolute Gasteiger partial charge is 0.493 e. The number of hydrogen-bond donors (Lipinski definition) is 0. The Morgan fingerprint density at radius 1 is 1.06 bits per heavy atom. The highest BCUT2D eigenvalue weighted by Gasteiger charge is 2.35. The fraction of sp³-hybridized carbons (Fsp3) is 0.269. The quantitative estimate of drug-likeness (QED) is 0.391. The molecule has 1 atom stereocenters. The van der Waals surface area contributed by atoms with Crippen molar-refractivity contribution >= 4 is 29.2 Å². The van der Waals surface area contributed by atoms with Crippen LogP contribution in [-0.2, 0) is 20.7 Å². The van der Waals surface area contributed by atoms with Crippen molar-refractivity contribution in [3.05, 3.63) is 76.7 Å². The van der Waals surface area contributed by atoms with Gasteiger partial charge in [0, 0.05) is 11.4 Å². The van der Waals surface area contributed by atoms with Crippen molar-refractivity contribution < 1.29 is 33.0 Å². The molecule has 0 saturated carbocycles. The third-order valence-corrected chi connectivity index (χ3v) is 5.90. The van der Waals surface area contributed by atoms with E-state index in [-0.39, 0.29) is 6.42 Å². The van der Waals surface area contributed by atoms with Gasteiger partial charge in [0.25, 0.3) is 5.91 Å². The number of carbonyl (C=O) groups is 2. The van der Waals surface area contributed by atoms with Crippen LogP contribution in [0.15, 0.2) is 64.3 Å². The zero-order valence-corrected chi connectivity index (χ0v) is 20.8. The number of benzene rings is 2. The molecule has 2 aromatic carbocycles. The van der Waals surface area contributed by atoms with Gasteiger partial charge in [-0.3, -0.25) is 9.59 Å².